The van der Waals surface area contributed by atoms with Crippen molar-refractivity contribution in [1.82, 2.24) is 9.97 Å². The molecule has 0 spiro atoms. The number of carbonyl (C=O) groups is 1. The minimum Gasteiger partial charge on any atom is -0.463 e. The van der Waals surface area contributed by atoms with Crippen molar-refractivity contribution >= 4 is 23.5 Å². The molecule has 0 saturated carbocycles. The van der Waals surface area contributed by atoms with E-state index in [9.17, 15) is 15.3 Å². The second-order valence-electron chi connectivity index (χ2n) is 8.12. The average molecular weight is 526 g/mol. The standard InChI is InChI=1S/C28H23N5O4S/c1-36-28(35)24-22(32-26(37-24)19-7-3-2-4-8-19)16-38-27-21(15-30)23(20(14-29)25(31)33-27)18-11-9-17(10-12-18)6-5-13-34/h2-4,7-12,34H,5-6,13,16H2,1H3,(H2,31,33). The molecule has 0 radical (unpaired) electrons. The van der Waals surface area contributed by atoms with Gasteiger partial charge in [-0.2, -0.15) is 10.5 Å². The highest BCUT2D eigenvalue weighted by Gasteiger charge is 2.25. The molecule has 2 aromatic carbocycles. The molecule has 0 unspecified atom stereocenters. The van der Waals surface area contributed by atoms with E-state index in [-0.39, 0.29) is 41.0 Å². The van der Waals surface area contributed by atoms with Crippen LogP contribution >= 0.6 is 11.8 Å². The number of nitrogens with zero attached hydrogens (tertiary/aromatic N) is 4. The van der Waals surface area contributed by atoms with Gasteiger partial charge in [0.1, 0.15) is 34.2 Å². The summed E-state index contributed by atoms with van der Waals surface area (Å²) in [6.45, 7) is 0.0937. The van der Waals surface area contributed by atoms with Crippen molar-refractivity contribution in [3.05, 3.63) is 82.7 Å². The van der Waals surface area contributed by atoms with Crippen molar-refractivity contribution in [1.29, 1.82) is 10.5 Å². The van der Waals surface area contributed by atoms with Gasteiger partial charge in [-0.3, -0.25) is 0 Å². The number of aliphatic hydroxyl groups is 1. The summed E-state index contributed by atoms with van der Waals surface area (Å²) < 4.78 is 10.6. The number of hydrogen-bond donors (Lipinski definition) is 2. The number of ether oxygens (including phenoxy) is 1. The van der Waals surface area contributed by atoms with Crippen molar-refractivity contribution in [3.63, 3.8) is 0 Å². The lowest BCUT2D eigenvalue weighted by Gasteiger charge is -2.13. The van der Waals surface area contributed by atoms with Crippen LogP contribution in [0.3, 0.4) is 0 Å². The van der Waals surface area contributed by atoms with Gasteiger partial charge in [-0.25, -0.2) is 14.8 Å². The summed E-state index contributed by atoms with van der Waals surface area (Å²) in [5, 5.41) is 29.3. The normalized spacial score (nSPS) is 10.5. The minimum absolute atomic E-state index is 0.00771. The Morgan fingerprint density at radius 1 is 1.05 bits per heavy atom. The molecule has 2 aromatic heterocycles. The molecule has 4 aromatic rings. The Hall–Kier alpha value is -4.64. The number of esters is 1. The number of anilines is 1. The number of thioether (sulfide) groups is 1. The lowest BCUT2D eigenvalue weighted by atomic mass is 9.95. The largest absolute Gasteiger partial charge is 0.463 e. The Balaban J connectivity index is 1.72. The summed E-state index contributed by atoms with van der Waals surface area (Å²) >= 11 is 1.15. The molecule has 4 rings (SSSR count). The number of aryl methyl sites for hydroxylation is 1. The molecule has 10 heteroatoms. The molecule has 0 aliphatic carbocycles. The van der Waals surface area contributed by atoms with Gasteiger partial charge in [0.25, 0.3) is 0 Å². The maximum Gasteiger partial charge on any atom is 0.376 e. The number of oxazole rings is 1. The summed E-state index contributed by atoms with van der Waals surface area (Å²) in [4.78, 5) is 21.2. The quantitative estimate of drug-likeness (QED) is 0.231. The monoisotopic (exact) mass is 525 g/mol. The Morgan fingerprint density at radius 3 is 2.39 bits per heavy atom. The van der Waals surface area contributed by atoms with Crippen LogP contribution in [-0.4, -0.2) is 34.8 Å². The molecule has 2 heterocycles. The summed E-state index contributed by atoms with van der Waals surface area (Å²) in [5.41, 5.74) is 9.51. The Morgan fingerprint density at radius 2 is 1.76 bits per heavy atom. The Kier molecular flexibility index (Phi) is 8.39. The van der Waals surface area contributed by atoms with Crippen LogP contribution in [0.2, 0.25) is 0 Å². The zero-order chi connectivity index (χ0) is 27.1. The molecule has 190 valence electrons. The number of aromatic nitrogens is 2. The van der Waals surface area contributed by atoms with Crippen molar-refractivity contribution < 1.29 is 19.1 Å². The maximum absolute atomic E-state index is 12.4. The lowest BCUT2D eigenvalue weighted by Crippen LogP contribution is -2.05. The molecule has 3 N–H and O–H groups in total. The molecular formula is C28H23N5O4S. The predicted molar refractivity (Wildman–Crippen MR) is 142 cm³/mol. The summed E-state index contributed by atoms with van der Waals surface area (Å²) in [7, 11) is 1.25. The SMILES string of the molecule is COC(=O)c1oc(-c2ccccc2)nc1CSc1nc(N)c(C#N)c(-c2ccc(CCCO)cc2)c1C#N. The molecule has 0 bridgehead atoms. The van der Waals surface area contributed by atoms with Crippen molar-refractivity contribution in [2.24, 2.45) is 0 Å². The molecule has 0 saturated heterocycles. The van der Waals surface area contributed by atoms with E-state index in [1.165, 1.54) is 7.11 Å². The minimum atomic E-state index is -0.676. The third-order valence-electron chi connectivity index (χ3n) is 5.72. The molecule has 0 amide bonds. The number of nitrogen functional groups attached to an aromatic ring is 1. The van der Waals surface area contributed by atoms with Crippen molar-refractivity contribution in [3.8, 4) is 34.7 Å². The third-order valence-corrected chi connectivity index (χ3v) is 6.70. The van der Waals surface area contributed by atoms with Crippen LogP contribution in [-0.2, 0) is 16.9 Å². The van der Waals surface area contributed by atoms with Gasteiger partial charge in [-0.1, -0.05) is 54.2 Å². The number of benzene rings is 2. The van der Waals surface area contributed by atoms with E-state index in [0.717, 1.165) is 17.3 Å². The number of rotatable bonds is 9. The highest BCUT2D eigenvalue weighted by molar-refractivity contribution is 7.98. The summed E-state index contributed by atoms with van der Waals surface area (Å²) in [6, 6.07) is 20.8. The van der Waals surface area contributed by atoms with Gasteiger partial charge in [-0.05, 0) is 36.1 Å². The first-order valence-corrected chi connectivity index (χ1v) is 12.6. The van der Waals surface area contributed by atoms with Gasteiger partial charge in [-0.15, -0.1) is 0 Å². The van der Waals surface area contributed by atoms with E-state index in [0.29, 0.717) is 40.3 Å². The predicted octanol–water partition coefficient (Wildman–Crippen LogP) is 4.73. The van der Waals surface area contributed by atoms with Crippen LogP contribution in [0.25, 0.3) is 22.6 Å². The van der Waals surface area contributed by atoms with E-state index >= 15 is 0 Å². The van der Waals surface area contributed by atoms with E-state index in [1.54, 1.807) is 0 Å². The first-order valence-electron chi connectivity index (χ1n) is 11.6. The molecule has 0 atom stereocenters. The van der Waals surface area contributed by atoms with Crippen LogP contribution in [0.5, 0.6) is 0 Å². The number of methoxy groups -OCH3 is 1. The fraction of sp³-hybridized carbons (Fsp3) is 0.179. The van der Waals surface area contributed by atoms with Crippen LogP contribution < -0.4 is 5.73 Å². The molecule has 9 nitrogen and oxygen atoms in total. The van der Waals surface area contributed by atoms with Crippen LogP contribution in [0.4, 0.5) is 5.82 Å². The maximum atomic E-state index is 12.4. The molecule has 0 aliphatic rings. The third kappa shape index (κ3) is 5.52. The number of carbonyl (C=O) groups excluding carboxylic acids is 1. The van der Waals surface area contributed by atoms with E-state index in [4.69, 9.17) is 20.0 Å². The van der Waals surface area contributed by atoms with E-state index in [2.05, 4.69) is 22.1 Å². The van der Waals surface area contributed by atoms with Crippen LogP contribution in [0.1, 0.15) is 39.4 Å². The van der Waals surface area contributed by atoms with Gasteiger partial charge < -0.3 is 20.0 Å². The van der Waals surface area contributed by atoms with E-state index < -0.39 is 5.97 Å². The number of aliphatic hydroxyl groups excluding tert-OH is 1. The zero-order valence-corrected chi connectivity index (χ0v) is 21.3. The van der Waals surface area contributed by atoms with Crippen LogP contribution in [0, 0.1) is 22.7 Å². The van der Waals surface area contributed by atoms with Gasteiger partial charge in [0, 0.05) is 23.5 Å². The molecule has 0 fully saturated rings. The van der Waals surface area contributed by atoms with E-state index in [1.807, 2.05) is 54.6 Å². The number of hydrogen-bond acceptors (Lipinski definition) is 10. The highest BCUT2D eigenvalue weighted by Crippen LogP contribution is 2.37. The summed E-state index contributed by atoms with van der Waals surface area (Å²) in [6.07, 6.45) is 1.34. The van der Waals surface area contributed by atoms with Gasteiger partial charge >= 0.3 is 5.97 Å². The Bertz CT molecular complexity index is 1540. The van der Waals surface area contributed by atoms with Gasteiger partial charge in [0.15, 0.2) is 0 Å². The fourth-order valence-corrected chi connectivity index (χ4v) is 4.78. The van der Waals surface area contributed by atoms with Gasteiger partial charge in [0.2, 0.25) is 11.7 Å². The van der Waals surface area contributed by atoms with Crippen molar-refractivity contribution in [2.75, 3.05) is 19.5 Å². The number of pyridine rings is 1. The molecular weight excluding hydrogens is 502 g/mol. The first-order chi connectivity index (χ1) is 18.5. The first kappa shape index (κ1) is 26.4. The fourth-order valence-electron chi connectivity index (χ4n) is 3.86. The molecule has 38 heavy (non-hydrogen) atoms. The average Bonchev–Trinajstić information content (AvgIpc) is 3.39. The second kappa shape index (κ2) is 12.1. The smallest absolute Gasteiger partial charge is 0.376 e. The topological polar surface area (TPSA) is 159 Å². The summed E-state index contributed by atoms with van der Waals surface area (Å²) in [5.74, 6) is -0.335. The van der Waals surface area contributed by atoms with Gasteiger partial charge in [0.05, 0.1) is 12.7 Å². The highest BCUT2D eigenvalue weighted by atomic mass is 32.2. The second-order valence-corrected chi connectivity index (χ2v) is 9.08. The van der Waals surface area contributed by atoms with Crippen molar-refractivity contribution in [2.45, 2.75) is 23.6 Å². The Labute approximate surface area is 223 Å². The molecule has 0 aliphatic heterocycles. The van der Waals surface area contributed by atoms with Crippen LogP contribution in [0.15, 0.2) is 64.0 Å². The number of nitriles is 2. The number of nitrogens with two attached hydrogens (primary N) is 1. The lowest BCUT2D eigenvalue weighted by molar-refractivity contribution is 0.0565. The zero-order valence-electron chi connectivity index (χ0n) is 20.5.